The van der Waals surface area contributed by atoms with Gasteiger partial charge in [0.05, 0.1) is 30.5 Å². The van der Waals surface area contributed by atoms with Crippen molar-refractivity contribution >= 4 is 38.2 Å². The summed E-state index contributed by atoms with van der Waals surface area (Å²) >= 11 is 0. The van der Waals surface area contributed by atoms with Crippen molar-refractivity contribution in [2.75, 3.05) is 50.2 Å². The van der Waals surface area contributed by atoms with Gasteiger partial charge in [0.2, 0.25) is 15.9 Å². The quantitative estimate of drug-likeness (QED) is 0.535. The number of nitrogens with zero attached hydrogens (tertiary/aromatic N) is 3. The topological polar surface area (TPSA) is 117 Å². The molecule has 5 rings (SSSR count). The van der Waals surface area contributed by atoms with Crippen molar-refractivity contribution < 1.29 is 22.7 Å². The molecule has 1 saturated heterocycles. The highest BCUT2D eigenvalue weighted by atomic mass is 32.2. The highest BCUT2D eigenvalue weighted by Crippen LogP contribution is 2.37. The van der Waals surface area contributed by atoms with Crippen molar-refractivity contribution in [3.8, 4) is 5.75 Å². The number of hydrogen-bond acceptors (Lipinski definition) is 7. The first kappa shape index (κ1) is 23.6. The standard InChI is InChI=1S/C24H29N5O5S/c1-16-11-17-14-25-27-24(17)22(12-16)35(31,32)28(2)15-23(30)26-18-3-4-20-21(13-18)34-10-7-29(20)19-5-8-33-9-6-19/h3-4,11-14,19H,5-10,15H2,1-2H3,(H,25,27)(H,26,30). The molecule has 2 aromatic carbocycles. The van der Waals surface area contributed by atoms with E-state index in [1.165, 1.54) is 7.05 Å². The van der Waals surface area contributed by atoms with Crippen LogP contribution in [-0.2, 0) is 19.6 Å². The van der Waals surface area contributed by atoms with E-state index in [0.29, 0.717) is 35.0 Å². The fourth-order valence-corrected chi connectivity index (χ4v) is 6.10. The average molecular weight is 500 g/mol. The van der Waals surface area contributed by atoms with E-state index in [1.54, 1.807) is 18.3 Å². The second-order valence-electron chi connectivity index (χ2n) is 8.97. The number of amides is 1. The van der Waals surface area contributed by atoms with E-state index in [4.69, 9.17) is 9.47 Å². The van der Waals surface area contributed by atoms with Crippen LogP contribution < -0.4 is 15.0 Å². The van der Waals surface area contributed by atoms with Crippen molar-refractivity contribution in [3.05, 3.63) is 42.1 Å². The Morgan fingerprint density at radius 2 is 2.03 bits per heavy atom. The lowest BCUT2D eigenvalue weighted by atomic mass is 10.0. The molecule has 0 spiro atoms. The van der Waals surface area contributed by atoms with E-state index < -0.39 is 15.9 Å². The number of benzene rings is 2. The van der Waals surface area contributed by atoms with Gasteiger partial charge in [-0.3, -0.25) is 9.89 Å². The number of carbonyl (C=O) groups is 1. The molecule has 186 valence electrons. The smallest absolute Gasteiger partial charge is 0.245 e. The number of ether oxygens (including phenoxy) is 2. The zero-order valence-corrected chi connectivity index (χ0v) is 20.6. The molecule has 0 aliphatic carbocycles. The summed E-state index contributed by atoms with van der Waals surface area (Å²) in [6, 6.07) is 9.40. The molecule has 10 nitrogen and oxygen atoms in total. The van der Waals surface area contributed by atoms with Gasteiger partial charge >= 0.3 is 0 Å². The number of aryl methyl sites for hydroxylation is 1. The molecule has 0 radical (unpaired) electrons. The van der Waals surface area contributed by atoms with E-state index >= 15 is 0 Å². The molecule has 1 fully saturated rings. The minimum atomic E-state index is -3.92. The molecule has 35 heavy (non-hydrogen) atoms. The number of fused-ring (bicyclic) bond motifs is 2. The minimum absolute atomic E-state index is 0.0932. The van der Waals surface area contributed by atoms with Gasteiger partial charge in [0.25, 0.3) is 0 Å². The molecule has 11 heteroatoms. The monoisotopic (exact) mass is 499 g/mol. The first-order valence-corrected chi connectivity index (χ1v) is 13.1. The molecular formula is C24H29N5O5S. The molecule has 0 atom stereocenters. The number of H-pyrrole nitrogens is 1. The summed E-state index contributed by atoms with van der Waals surface area (Å²) in [6.45, 7) is 4.39. The first-order chi connectivity index (χ1) is 16.8. The van der Waals surface area contributed by atoms with Crippen LogP contribution >= 0.6 is 0 Å². The summed E-state index contributed by atoms with van der Waals surface area (Å²) in [6.07, 6.45) is 3.53. The van der Waals surface area contributed by atoms with Crippen LogP contribution in [-0.4, -0.2) is 74.8 Å². The molecular weight excluding hydrogens is 470 g/mol. The third kappa shape index (κ3) is 4.71. The molecule has 0 unspecified atom stereocenters. The maximum atomic E-state index is 13.2. The Balaban J connectivity index is 1.29. The van der Waals surface area contributed by atoms with Crippen LogP contribution in [0.5, 0.6) is 5.75 Å². The van der Waals surface area contributed by atoms with Gasteiger partial charge in [0.15, 0.2) is 0 Å². The summed E-state index contributed by atoms with van der Waals surface area (Å²) in [4.78, 5) is 15.2. The number of nitrogens with one attached hydrogen (secondary N) is 2. The van der Waals surface area contributed by atoms with E-state index in [0.717, 1.165) is 48.2 Å². The Kier molecular flexibility index (Phi) is 6.39. The Hall–Kier alpha value is -3.15. The van der Waals surface area contributed by atoms with Crippen molar-refractivity contribution in [1.29, 1.82) is 0 Å². The minimum Gasteiger partial charge on any atom is -0.489 e. The number of carbonyl (C=O) groups excluding carboxylic acids is 1. The molecule has 1 aromatic heterocycles. The Morgan fingerprint density at radius 3 is 2.83 bits per heavy atom. The van der Waals surface area contributed by atoms with E-state index in [9.17, 15) is 13.2 Å². The second-order valence-corrected chi connectivity index (χ2v) is 11.0. The largest absolute Gasteiger partial charge is 0.489 e. The van der Waals surface area contributed by atoms with Crippen LogP contribution in [0.2, 0.25) is 0 Å². The molecule has 2 N–H and O–H groups in total. The van der Waals surface area contributed by atoms with Gasteiger partial charge in [0, 0.05) is 43.4 Å². The van der Waals surface area contributed by atoms with E-state index in [-0.39, 0.29) is 11.4 Å². The highest BCUT2D eigenvalue weighted by molar-refractivity contribution is 7.89. The van der Waals surface area contributed by atoms with Gasteiger partial charge < -0.3 is 19.7 Å². The Bertz CT molecular complexity index is 1350. The highest BCUT2D eigenvalue weighted by Gasteiger charge is 2.28. The number of rotatable bonds is 6. The number of aromatic nitrogens is 2. The van der Waals surface area contributed by atoms with Gasteiger partial charge in [-0.05, 0) is 49.6 Å². The number of anilines is 2. The second kappa shape index (κ2) is 9.48. The predicted octanol–water partition coefficient (Wildman–Crippen LogP) is 2.51. The van der Waals surface area contributed by atoms with Gasteiger partial charge in [-0.25, -0.2) is 8.42 Å². The Labute approximate surface area is 204 Å². The lowest BCUT2D eigenvalue weighted by molar-refractivity contribution is -0.116. The lowest BCUT2D eigenvalue weighted by Crippen LogP contribution is -2.44. The van der Waals surface area contributed by atoms with Crippen molar-refractivity contribution in [2.24, 2.45) is 0 Å². The van der Waals surface area contributed by atoms with Crippen LogP contribution in [0.4, 0.5) is 11.4 Å². The molecule has 3 aromatic rings. The maximum Gasteiger partial charge on any atom is 0.245 e. The van der Waals surface area contributed by atoms with Crippen molar-refractivity contribution in [3.63, 3.8) is 0 Å². The van der Waals surface area contributed by atoms with Crippen LogP contribution in [0.15, 0.2) is 41.4 Å². The number of likely N-dealkylation sites (N-methyl/N-ethyl adjacent to an activating group) is 1. The average Bonchev–Trinajstić information content (AvgIpc) is 3.31. The number of hydrogen-bond donors (Lipinski definition) is 2. The summed E-state index contributed by atoms with van der Waals surface area (Å²) in [7, 11) is -2.53. The Morgan fingerprint density at radius 1 is 1.23 bits per heavy atom. The number of sulfonamides is 1. The fourth-order valence-electron chi connectivity index (χ4n) is 4.72. The summed E-state index contributed by atoms with van der Waals surface area (Å²) < 4.78 is 38.8. The van der Waals surface area contributed by atoms with Crippen LogP contribution in [0.3, 0.4) is 0 Å². The zero-order valence-electron chi connectivity index (χ0n) is 19.8. The molecule has 1 amide bonds. The van der Waals surface area contributed by atoms with Crippen molar-refractivity contribution in [2.45, 2.75) is 30.7 Å². The van der Waals surface area contributed by atoms with Crippen molar-refractivity contribution in [1.82, 2.24) is 14.5 Å². The van der Waals surface area contributed by atoms with E-state index in [1.807, 2.05) is 25.1 Å². The molecule has 2 aliphatic heterocycles. The van der Waals surface area contributed by atoms with Crippen LogP contribution in [0, 0.1) is 6.92 Å². The predicted molar refractivity (Wildman–Crippen MR) is 132 cm³/mol. The normalized spacial score (nSPS) is 16.8. The van der Waals surface area contributed by atoms with Gasteiger partial charge in [-0.1, -0.05) is 0 Å². The van der Waals surface area contributed by atoms with Gasteiger partial charge in [-0.2, -0.15) is 9.40 Å². The molecule has 0 bridgehead atoms. The SMILES string of the molecule is Cc1cc(S(=O)(=O)N(C)CC(=O)Nc2ccc3c(c2)OCCN3C2CCOCC2)c2[nH]ncc2c1. The van der Waals surface area contributed by atoms with Gasteiger partial charge in [-0.15, -0.1) is 0 Å². The zero-order chi connectivity index (χ0) is 24.6. The number of aromatic amines is 1. The fraction of sp³-hybridized carbons (Fsp3) is 0.417. The third-order valence-corrected chi connectivity index (χ3v) is 8.31. The van der Waals surface area contributed by atoms with E-state index in [2.05, 4.69) is 20.4 Å². The summed E-state index contributed by atoms with van der Waals surface area (Å²) in [5.41, 5.74) is 2.77. The summed E-state index contributed by atoms with van der Waals surface area (Å²) in [5.74, 6) is 0.268. The van der Waals surface area contributed by atoms with Crippen LogP contribution in [0.25, 0.3) is 10.9 Å². The third-order valence-electron chi connectivity index (χ3n) is 6.49. The lowest BCUT2D eigenvalue weighted by Gasteiger charge is -2.39. The molecule has 3 heterocycles. The molecule has 0 saturated carbocycles. The molecule has 2 aliphatic rings. The first-order valence-electron chi connectivity index (χ1n) is 11.6. The van der Waals surface area contributed by atoms with Gasteiger partial charge in [0.1, 0.15) is 17.3 Å². The summed E-state index contributed by atoms with van der Waals surface area (Å²) in [5, 5.41) is 10.2. The maximum absolute atomic E-state index is 13.2. The van der Waals surface area contributed by atoms with Crippen LogP contribution in [0.1, 0.15) is 18.4 Å².